The highest BCUT2D eigenvalue weighted by Crippen LogP contribution is 2.26. The van der Waals surface area contributed by atoms with Gasteiger partial charge in [-0.3, -0.25) is 14.9 Å². The molecule has 0 heterocycles. The molecule has 2 rings (SSSR count). The van der Waals surface area contributed by atoms with E-state index in [0.717, 1.165) is 25.7 Å². The molecule has 0 aromatic heterocycles. The van der Waals surface area contributed by atoms with E-state index < -0.39 is 10.8 Å². The number of amides is 1. The van der Waals surface area contributed by atoms with Crippen molar-refractivity contribution >= 4 is 23.2 Å². The number of nitrogens with one attached hydrogen (secondary N) is 1. The Hall–Kier alpha value is -1.66. The summed E-state index contributed by atoms with van der Waals surface area (Å²) in [5.41, 5.74) is -0.266. The van der Waals surface area contributed by atoms with Gasteiger partial charge in [0.1, 0.15) is 5.56 Å². The smallest absolute Gasteiger partial charge is 0.282 e. The van der Waals surface area contributed by atoms with Crippen molar-refractivity contribution in [2.45, 2.75) is 31.7 Å². The van der Waals surface area contributed by atoms with Gasteiger partial charge >= 0.3 is 0 Å². The zero-order valence-corrected chi connectivity index (χ0v) is 12.2. The van der Waals surface area contributed by atoms with Gasteiger partial charge in [0, 0.05) is 23.7 Å². The number of aliphatic hydroxyl groups is 1. The lowest BCUT2D eigenvalue weighted by Gasteiger charge is -2.27. The molecule has 1 aromatic carbocycles. The van der Waals surface area contributed by atoms with Crippen LogP contribution >= 0.6 is 11.6 Å². The van der Waals surface area contributed by atoms with Gasteiger partial charge in [-0.1, -0.05) is 11.6 Å². The molecule has 2 N–H and O–H groups in total. The number of nitro groups is 1. The largest absolute Gasteiger partial charge is 0.396 e. The van der Waals surface area contributed by atoms with Crippen LogP contribution in [0, 0.1) is 16.0 Å². The van der Waals surface area contributed by atoms with E-state index in [4.69, 9.17) is 16.7 Å². The van der Waals surface area contributed by atoms with E-state index in [0.29, 0.717) is 5.92 Å². The van der Waals surface area contributed by atoms with E-state index in [1.54, 1.807) is 0 Å². The highest BCUT2D eigenvalue weighted by molar-refractivity contribution is 6.31. The minimum absolute atomic E-state index is 0.0149. The average molecular weight is 313 g/mol. The summed E-state index contributed by atoms with van der Waals surface area (Å²) in [4.78, 5) is 22.6. The highest BCUT2D eigenvalue weighted by Gasteiger charge is 2.25. The molecule has 0 saturated heterocycles. The van der Waals surface area contributed by atoms with Crippen LogP contribution in [0.3, 0.4) is 0 Å². The van der Waals surface area contributed by atoms with Crippen molar-refractivity contribution in [2.75, 3.05) is 6.61 Å². The van der Waals surface area contributed by atoms with E-state index in [1.165, 1.54) is 18.2 Å². The van der Waals surface area contributed by atoms with Crippen LogP contribution in [0.1, 0.15) is 36.0 Å². The molecular weight excluding hydrogens is 296 g/mol. The second kappa shape index (κ2) is 6.87. The molecule has 0 atom stereocenters. The monoisotopic (exact) mass is 312 g/mol. The number of carbonyl (C=O) groups excluding carboxylic acids is 1. The van der Waals surface area contributed by atoms with E-state index in [-0.39, 0.29) is 28.9 Å². The first-order valence-electron chi connectivity index (χ1n) is 6.87. The summed E-state index contributed by atoms with van der Waals surface area (Å²) < 4.78 is 0. The number of benzene rings is 1. The predicted molar refractivity (Wildman–Crippen MR) is 78.4 cm³/mol. The number of carbonyl (C=O) groups is 1. The van der Waals surface area contributed by atoms with Crippen LogP contribution in [0.15, 0.2) is 18.2 Å². The molecule has 1 amide bonds. The second-order valence-corrected chi connectivity index (χ2v) is 5.73. The SMILES string of the molecule is O=C(NC1CCC(CO)CC1)c1cc(Cl)ccc1[N+](=O)[O-]. The molecule has 0 aliphatic heterocycles. The maximum atomic E-state index is 12.2. The van der Waals surface area contributed by atoms with Crippen LogP contribution < -0.4 is 5.32 Å². The molecule has 1 aromatic rings. The number of rotatable bonds is 4. The topological polar surface area (TPSA) is 92.5 Å². The molecule has 7 heteroatoms. The number of aliphatic hydroxyl groups excluding tert-OH is 1. The Labute approximate surface area is 127 Å². The number of hydrogen-bond acceptors (Lipinski definition) is 4. The standard InChI is InChI=1S/C14H17ClN2O4/c15-10-3-6-13(17(20)21)12(7-10)14(19)16-11-4-1-9(8-18)2-5-11/h3,6-7,9,11,18H,1-2,4-5,8H2,(H,16,19). The van der Waals surface area contributed by atoms with Crippen molar-refractivity contribution in [2.24, 2.45) is 5.92 Å². The average Bonchev–Trinajstić information content (AvgIpc) is 2.47. The Morgan fingerprint density at radius 3 is 2.62 bits per heavy atom. The molecule has 6 nitrogen and oxygen atoms in total. The second-order valence-electron chi connectivity index (χ2n) is 5.29. The van der Waals surface area contributed by atoms with E-state index in [9.17, 15) is 14.9 Å². The Balaban J connectivity index is 2.07. The maximum absolute atomic E-state index is 12.2. The van der Waals surface area contributed by atoms with Crippen LogP contribution in [0.25, 0.3) is 0 Å². The first-order chi connectivity index (χ1) is 10.0. The maximum Gasteiger partial charge on any atom is 0.282 e. The van der Waals surface area contributed by atoms with E-state index >= 15 is 0 Å². The fraction of sp³-hybridized carbons (Fsp3) is 0.500. The molecule has 0 unspecified atom stereocenters. The van der Waals surface area contributed by atoms with Crippen molar-refractivity contribution in [3.05, 3.63) is 38.9 Å². The molecule has 114 valence electrons. The molecule has 0 spiro atoms. The van der Waals surface area contributed by atoms with Gasteiger partial charge in [-0.15, -0.1) is 0 Å². The van der Waals surface area contributed by atoms with Crippen LogP contribution in [-0.2, 0) is 0 Å². The lowest BCUT2D eigenvalue weighted by Crippen LogP contribution is -2.38. The Kier molecular flexibility index (Phi) is 5.14. The van der Waals surface area contributed by atoms with Gasteiger partial charge in [0.2, 0.25) is 0 Å². The van der Waals surface area contributed by atoms with Crippen molar-refractivity contribution in [1.82, 2.24) is 5.32 Å². The molecule has 0 radical (unpaired) electrons. The first-order valence-corrected chi connectivity index (χ1v) is 7.24. The minimum atomic E-state index is -0.589. The van der Waals surface area contributed by atoms with E-state index in [1.807, 2.05) is 0 Å². The van der Waals surface area contributed by atoms with E-state index in [2.05, 4.69) is 5.32 Å². The zero-order valence-electron chi connectivity index (χ0n) is 11.4. The van der Waals surface area contributed by atoms with Crippen molar-refractivity contribution in [3.63, 3.8) is 0 Å². The van der Waals surface area contributed by atoms with Crippen LogP contribution in [-0.4, -0.2) is 28.6 Å². The van der Waals surface area contributed by atoms with Crippen molar-refractivity contribution < 1.29 is 14.8 Å². The Morgan fingerprint density at radius 2 is 2.05 bits per heavy atom. The summed E-state index contributed by atoms with van der Waals surface area (Å²) in [7, 11) is 0. The number of nitrogens with zero attached hydrogens (tertiary/aromatic N) is 1. The fourth-order valence-electron chi connectivity index (χ4n) is 2.60. The third-order valence-electron chi connectivity index (χ3n) is 3.84. The van der Waals surface area contributed by atoms with Crippen molar-refractivity contribution in [1.29, 1.82) is 0 Å². The quantitative estimate of drug-likeness (QED) is 0.660. The lowest BCUT2D eigenvalue weighted by atomic mass is 9.86. The summed E-state index contributed by atoms with van der Waals surface area (Å²) in [5, 5.41) is 23.2. The summed E-state index contributed by atoms with van der Waals surface area (Å²) in [6.45, 7) is 0.167. The zero-order chi connectivity index (χ0) is 15.4. The number of nitro benzene ring substituents is 1. The molecule has 0 bridgehead atoms. The van der Waals surface area contributed by atoms with Gasteiger partial charge < -0.3 is 10.4 Å². The van der Waals surface area contributed by atoms with Crippen molar-refractivity contribution in [3.8, 4) is 0 Å². The Morgan fingerprint density at radius 1 is 1.38 bits per heavy atom. The number of halogens is 1. The predicted octanol–water partition coefficient (Wildman–Crippen LogP) is 2.53. The third kappa shape index (κ3) is 3.92. The molecule has 1 saturated carbocycles. The van der Waals surface area contributed by atoms with Gasteiger partial charge in [-0.25, -0.2) is 0 Å². The van der Waals surface area contributed by atoms with Crippen LogP contribution in [0.5, 0.6) is 0 Å². The lowest BCUT2D eigenvalue weighted by molar-refractivity contribution is -0.385. The van der Waals surface area contributed by atoms with Crippen LogP contribution in [0.4, 0.5) is 5.69 Å². The first kappa shape index (κ1) is 15.7. The van der Waals surface area contributed by atoms with Gasteiger partial charge in [0.05, 0.1) is 4.92 Å². The highest BCUT2D eigenvalue weighted by atomic mass is 35.5. The molecule has 1 aliphatic rings. The van der Waals surface area contributed by atoms with Gasteiger partial charge in [-0.2, -0.15) is 0 Å². The summed E-state index contributed by atoms with van der Waals surface area (Å²) in [5.74, 6) is -0.185. The van der Waals surface area contributed by atoms with Crippen LogP contribution in [0.2, 0.25) is 5.02 Å². The number of hydrogen-bond donors (Lipinski definition) is 2. The normalized spacial score (nSPS) is 21.8. The Bertz CT molecular complexity index is 542. The summed E-state index contributed by atoms with van der Waals surface area (Å²) in [6, 6.07) is 3.93. The van der Waals surface area contributed by atoms with Gasteiger partial charge in [0.25, 0.3) is 11.6 Å². The molecule has 21 heavy (non-hydrogen) atoms. The minimum Gasteiger partial charge on any atom is -0.396 e. The fourth-order valence-corrected chi connectivity index (χ4v) is 2.77. The molecular formula is C14H17ClN2O4. The van der Waals surface area contributed by atoms with Gasteiger partial charge in [-0.05, 0) is 43.7 Å². The summed E-state index contributed by atoms with van der Waals surface area (Å²) in [6.07, 6.45) is 3.23. The molecule has 1 aliphatic carbocycles. The third-order valence-corrected chi connectivity index (χ3v) is 4.08. The molecule has 1 fully saturated rings. The van der Waals surface area contributed by atoms with Gasteiger partial charge in [0.15, 0.2) is 0 Å². The summed E-state index contributed by atoms with van der Waals surface area (Å²) >= 11 is 5.82.